The molecule has 0 saturated heterocycles. The molecule has 0 atom stereocenters. The Balaban J connectivity index is 2.02. The second kappa shape index (κ2) is 5.80. The van der Waals surface area contributed by atoms with Gasteiger partial charge in [-0.1, -0.05) is 11.8 Å². The molecule has 0 aliphatic carbocycles. The van der Waals surface area contributed by atoms with Gasteiger partial charge in [-0.25, -0.2) is 4.98 Å². The summed E-state index contributed by atoms with van der Waals surface area (Å²) in [5.41, 5.74) is 1.05. The van der Waals surface area contributed by atoms with Crippen LogP contribution in [0, 0.1) is 0 Å². The zero-order valence-corrected chi connectivity index (χ0v) is 12.2. The fourth-order valence-electron chi connectivity index (χ4n) is 1.11. The van der Waals surface area contributed by atoms with Crippen molar-refractivity contribution in [3.63, 3.8) is 0 Å². The van der Waals surface area contributed by atoms with Crippen molar-refractivity contribution in [2.24, 2.45) is 0 Å². The van der Waals surface area contributed by atoms with Crippen molar-refractivity contribution in [2.45, 2.75) is 10.8 Å². The molecule has 5 heteroatoms. The predicted molar refractivity (Wildman–Crippen MR) is 73.4 cm³/mol. The normalized spacial score (nSPS) is 10.4. The number of hydrogen-bond acceptors (Lipinski definition) is 3. The first kappa shape index (κ1) is 12.1. The summed E-state index contributed by atoms with van der Waals surface area (Å²) in [6.45, 7) is 0. The Kier molecular flexibility index (Phi) is 4.37. The van der Waals surface area contributed by atoms with E-state index in [9.17, 15) is 0 Å². The molecule has 0 N–H and O–H groups in total. The molecule has 0 amide bonds. The molecular formula is C11H8Br2N2S. The van der Waals surface area contributed by atoms with Gasteiger partial charge in [-0.2, -0.15) is 0 Å². The van der Waals surface area contributed by atoms with Crippen LogP contribution in [0.3, 0.4) is 0 Å². The van der Waals surface area contributed by atoms with Gasteiger partial charge in [0.1, 0.15) is 5.03 Å². The van der Waals surface area contributed by atoms with Gasteiger partial charge in [-0.3, -0.25) is 4.98 Å². The molecular weight excluding hydrogens is 352 g/mol. The van der Waals surface area contributed by atoms with Crippen molar-refractivity contribution >= 4 is 43.6 Å². The lowest BCUT2D eigenvalue weighted by Gasteiger charge is -2.02. The van der Waals surface area contributed by atoms with Crippen LogP contribution in [-0.4, -0.2) is 9.97 Å². The number of thioether (sulfide) groups is 1. The molecule has 0 aromatic carbocycles. The quantitative estimate of drug-likeness (QED) is 0.764. The molecule has 2 heterocycles. The zero-order chi connectivity index (χ0) is 11.4. The topological polar surface area (TPSA) is 25.8 Å². The van der Waals surface area contributed by atoms with Gasteiger partial charge in [0.05, 0.1) is 5.69 Å². The van der Waals surface area contributed by atoms with Crippen LogP contribution in [0.5, 0.6) is 0 Å². The van der Waals surface area contributed by atoms with Crippen molar-refractivity contribution in [1.29, 1.82) is 0 Å². The van der Waals surface area contributed by atoms with E-state index in [0.29, 0.717) is 0 Å². The Morgan fingerprint density at radius 3 is 2.69 bits per heavy atom. The summed E-state index contributed by atoms with van der Waals surface area (Å²) in [4.78, 5) is 8.60. The highest BCUT2D eigenvalue weighted by molar-refractivity contribution is 9.10. The van der Waals surface area contributed by atoms with E-state index in [4.69, 9.17) is 0 Å². The highest BCUT2D eigenvalue weighted by Crippen LogP contribution is 2.27. The first-order chi connectivity index (χ1) is 7.75. The molecule has 0 bridgehead atoms. The minimum absolute atomic E-state index is 0.822. The summed E-state index contributed by atoms with van der Waals surface area (Å²) < 4.78 is 2.03. The van der Waals surface area contributed by atoms with E-state index in [-0.39, 0.29) is 0 Å². The van der Waals surface area contributed by atoms with Gasteiger partial charge in [0.2, 0.25) is 0 Å². The lowest BCUT2D eigenvalue weighted by molar-refractivity contribution is 1.10. The average Bonchev–Trinajstić information content (AvgIpc) is 2.30. The maximum atomic E-state index is 4.31. The minimum atomic E-state index is 0.822. The molecule has 0 aliphatic heterocycles. The summed E-state index contributed by atoms with van der Waals surface area (Å²) >= 11 is 8.50. The molecule has 0 radical (unpaired) electrons. The standard InChI is InChI=1S/C11H8Br2N2S/c12-8-3-4-9(15-6-8)7-16-11-10(13)2-1-5-14-11/h1-6H,7H2. The van der Waals surface area contributed by atoms with Gasteiger partial charge in [0.25, 0.3) is 0 Å². The molecule has 2 aromatic rings. The number of rotatable bonds is 3. The van der Waals surface area contributed by atoms with Crippen molar-refractivity contribution in [3.8, 4) is 0 Å². The fourth-order valence-corrected chi connectivity index (χ4v) is 2.74. The largest absolute Gasteiger partial charge is 0.259 e. The van der Waals surface area contributed by atoms with Crippen LogP contribution in [0.25, 0.3) is 0 Å². The molecule has 82 valence electrons. The number of aromatic nitrogens is 2. The van der Waals surface area contributed by atoms with E-state index in [1.165, 1.54) is 0 Å². The van der Waals surface area contributed by atoms with Crippen molar-refractivity contribution in [2.75, 3.05) is 0 Å². The predicted octanol–water partition coefficient (Wildman–Crippen LogP) is 4.29. The van der Waals surface area contributed by atoms with E-state index in [0.717, 1.165) is 25.4 Å². The summed E-state index contributed by atoms with van der Waals surface area (Å²) in [6, 6.07) is 7.90. The van der Waals surface area contributed by atoms with Crippen LogP contribution < -0.4 is 0 Å². The number of nitrogens with zero attached hydrogens (tertiary/aromatic N) is 2. The SMILES string of the molecule is Brc1ccc(CSc2ncccc2Br)nc1. The van der Waals surface area contributed by atoms with E-state index in [1.54, 1.807) is 18.0 Å². The highest BCUT2D eigenvalue weighted by Gasteiger charge is 2.02. The third-order valence-corrected chi connectivity index (χ3v) is 4.28. The molecule has 2 rings (SSSR count). The van der Waals surface area contributed by atoms with Crippen LogP contribution in [0.15, 0.2) is 50.6 Å². The first-order valence-electron chi connectivity index (χ1n) is 4.59. The van der Waals surface area contributed by atoms with Crippen LogP contribution in [0.1, 0.15) is 5.69 Å². The van der Waals surface area contributed by atoms with E-state index < -0.39 is 0 Å². The second-order valence-corrected chi connectivity index (χ2v) is 5.78. The number of halogens is 2. The van der Waals surface area contributed by atoms with Gasteiger partial charge < -0.3 is 0 Å². The molecule has 16 heavy (non-hydrogen) atoms. The minimum Gasteiger partial charge on any atom is -0.259 e. The monoisotopic (exact) mass is 358 g/mol. The van der Waals surface area contributed by atoms with Crippen molar-refractivity contribution in [3.05, 3.63) is 51.3 Å². The van der Waals surface area contributed by atoms with Gasteiger partial charge in [-0.05, 0) is 56.1 Å². The maximum absolute atomic E-state index is 4.31. The average molecular weight is 360 g/mol. The molecule has 0 unspecified atom stereocenters. The highest BCUT2D eigenvalue weighted by atomic mass is 79.9. The van der Waals surface area contributed by atoms with Gasteiger partial charge >= 0.3 is 0 Å². The molecule has 0 fully saturated rings. The maximum Gasteiger partial charge on any atom is 0.111 e. The lowest BCUT2D eigenvalue weighted by Crippen LogP contribution is -1.87. The lowest BCUT2D eigenvalue weighted by atomic mass is 10.4. The molecule has 2 nitrogen and oxygen atoms in total. The van der Waals surface area contributed by atoms with E-state index >= 15 is 0 Å². The van der Waals surface area contributed by atoms with Crippen LogP contribution >= 0.6 is 43.6 Å². The van der Waals surface area contributed by atoms with Crippen molar-refractivity contribution < 1.29 is 0 Å². The molecule has 0 spiro atoms. The van der Waals surface area contributed by atoms with Crippen molar-refractivity contribution in [1.82, 2.24) is 9.97 Å². The molecule has 0 saturated carbocycles. The van der Waals surface area contributed by atoms with Gasteiger partial charge in [-0.15, -0.1) is 0 Å². The Morgan fingerprint density at radius 1 is 1.12 bits per heavy atom. The zero-order valence-electron chi connectivity index (χ0n) is 8.23. The Bertz CT molecular complexity index is 474. The fraction of sp³-hybridized carbons (Fsp3) is 0.0909. The first-order valence-corrected chi connectivity index (χ1v) is 7.16. The molecule has 0 aliphatic rings. The molecule has 2 aromatic heterocycles. The third kappa shape index (κ3) is 3.30. The number of hydrogen-bond donors (Lipinski definition) is 0. The van der Waals surface area contributed by atoms with Crippen LogP contribution in [0.2, 0.25) is 0 Å². The van der Waals surface area contributed by atoms with E-state index in [1.807, 2.05) is 30.5 Å². The summed E-state index contributed by atoms with van der Waals surface area (Å²) in [7, 11) is 0. The smallest absolute Gasteiger partial charge is 0.111 e. The van der Waals surface area contributed by atoms with Gasteiger partial charge in [0.15, 0.2) is 0 Å². The Hall–Kier alpha value is -0.390. The summed E-state index contributed by atoms with van der Waals surface area (Å²) in [6.07, 6.45) is 3.60. The van der Waals surface area contributed by atoms with Crippen LogP contribution in [0.4, 0.5) is 0 Å². The third-order valence-electron chi connectivity index (χ3n) is 1.87. The van der Waals surface area contributed by atoms with Crippen LogP contribution in [-0.2, 0) is 5.75 Å². The Morgan fingerprint density at radius 2 is 2.00 bits per heavy atom. The summed E-state index contributed by atoms with van der Waals surface area (Å²) in [5.74, 6) is 0.822. The number of pyridine rings is 2. The van der Waals surface area contributed by atoms with E-state index in [2.05, 4.69) is 41.8 Å². The summed E-state index contributed by atoms with van der Waals surface area (Å²) in [5, 5.41) is 0.993. The second-order valence-electron chi connectivity index (χ2n) is 3.05. The van der Waals surface area contributed by atoms with Gasteiger partial charge in [0, 0.05) is 27.1 Å². The Labute approximate surface area is 115 Å².